The van der Waals surface area contributed by atoms with E-state index in [1.54, 1.807) is 0 Å². The highest BCUT2D eigenvalue weighted by molar-refractivity contribution is 5.90. The van der Waals surface area contributed by atoms with Gasteiger partial charge in [-0.1, -0.05) is 17.7 Å². The summed E-state index contributed by atoms with van der Waals surface area (Å²) in [4.78, 5) is 12.1. The molecule has 0 spiro atoms. The summed E-state index contributed by atoms with van der Waals surface area (Å²) >= 11 is 0. The molecule has 1 amide bonds. The summed E-state index contributed by atoms with van der Waals surface area (Å²) in [6, 6.07) is 7.75. The molecule has 0 bridgehead atoms. The second kappa shape index (κ2) is 5.74. The number of hydrogen-bond acceptors (Lipinski definition) is 2. The summed E-state index contributed by atoms with van der Waals surface area (Å²) in [5.41, 5.74) is 4.11. The first kappa shape index (κ1) is 13.9. The largest absolute Gasteiger partial charge is 0.388 e. The van der Waals surface area contributed by atoms with Gasteiger partial charge in [-0.15, -0.1) is 0 Å². The summed E-state index contributed by atoms with van der Waals surface area (Å²) < 4.78 is 1.86. The van der Waals surface area contributed by atoms with Crippen molar-refractivity contribution >= 4 is 11.6 Å². The predicted octanol–water partition coefficient (Wildman–Crippen LogP) is 2.80. The third-order valence-corrected chi connectivity index (χ3v) is 3.94. The molecule has 0 saturated heterocycles. The SMILES string of the molecule is Cc1ccc(NC(=O)Cn2cc3c(c2)C(O)CCC3)cc1. The maximum Gasteiger partial charge on any atom is 0.244 e. The Labute approximate surface area is 124 Å². The molecule has 1 unspecified atom stereocenters. The van der Waals surface area contributed by atoms with E-state index in [2.05, 4.69) is 5.32 Å². The van der Waals surface area contributed by atoms with E-state index in [0.717, 1.165) is 36.1 Å². The number of amides is 1. The lowest BCUT2D eigenvalue weighted by atomic mass is 9.93. The highest BCUT2D eigenvalue weighted by atomic mass is 16.3. The number of nitrogens with one attached hydrogen (secondary N) is 1. The fourth-order valence-corrected chi connectivity index (χ4v) is 2.82. The van der Waals surface area contributed by atoms with Crippen LogP contribution in [0.15, 0.2) is 36.7 Å². The molecule has 1 atom stereocenters. The number of carbonyl (C=O) groups is 1. The van der Waals surface area contributed by atoms with Crippen molar-refractivity contribution in [3.05, 3.63) is 53.3 Å². The van der Waals surface area contributed by atoms with E-state index in [1.165, 1.54) is 5.56 Å². The Morgan fingerprint density at radius 3 is 2.81 bits per heavy atom. The average Bonchev–Trinajstić information content (AvgIpc) is 2.85. The molecule has 1 heterocycles. The van der Waals surface area contributed by atoms with Crippen LogP contribution in [0.4, 0.5) is 5.69 Å². The number of anilines is 1. The maximum absolute atomic E-state index is 12.1. The Morgan fingerprint density at radius 2 is 2.10 bits per heavy atom. The van der Waals surface area contributed by atoms with Crippen LogP contribution in [0.3, 0.4) is 0 Å². The first-order valence-corrected chi connectivity index (χ1v) is 7.35. The molecule has 2 aromatic rings. The maximum atomic E-state index is 12.1. The number of aryl methyl sites for hydroxylation is 2. The molecule has 3 rings (SSSR count). The summed E-state index contributed by atoms with van der Waals surface area (Å²) in [6.45, 7) is 2.29. The molecule has 4 heteroatoms. The number of fused-ring (bicyclic) bond motifs is 1. The lowest BCUT2D eigenvalue weighted by molar-refractivity contribution is -0.116. The van der Waals surface area contributed by atoms with E-state index in [4.69, 9.17) is 0 Å². The molecular formula is C17H20N2O2. The third-order valence-electron chi connectivity index (χ3n) is 3.94. The fourth-order valence-electron chi connectivity index (χ4n) is 2.82. The smallest absolute Gasteiger partial charge is 0.244 e. The molecule has 1 aliphatic carbocycles. The van der Waals surface area contributed by atoms with E-state index in [9.17, 15) is 9.90 Å². The summed E-state index contributed by atoms with van der Waals surface area (Å²) in [6.07, 6.45) is 6.30. The monoisotopic (exact) mass is 284 g/mol. The number of hydrogen-bond donors (Lipinski definition) is 2. The Balaban J connectivity index is 1.66. The number of rotatable bonds is 3. The van der Waals surface area contributed by atoms with Crippen molar-refractivity contribution in [3.8, 4) is 0 Å². The fraction of sp³-hybridized carbons (Fsp3) is 0.353. The first-order valence-electron chi connectivity index (χ1n) is 7.35. The Hall–Kier alpha value is -2.07. The molecule has 0 radical (unpaired) electrons. The molecule has 4 nitrogen and oxygen atoms in total. The van der Waals surface area contributed by atoms with Crippen LogP contribution in [0.1, 0.15) is 35.6 Å². The second-order valence-electron chi connectivity index (χ2n) is 5.73. The van der Waals surface area contributed by atoms with Crippen LogP contribution in [0.5, 0.6) is 0 Å². The van der Waals surface area contributed by atoms with Crippen LogP contribution in [-0.4, -0.2) is 15.6 Å². The van der Waals surface area contributed by atoms with Crippen LogP contribution in [-0.2, 0) is 17.8 Å². The summed E-state index contributed by atoms with van der Waals surface area (Å²) in [5.74, 6) is -0.0549. The summed E-state index contributed by atoms with van der Waals surface area (Å²) in [7, 11) is 0. The Kier molecular flexibility index (Phi) is 3.80. The molecule has 1 aliphatic rings. The quantitative estimate of drug-likeness (QED) is 0.910. The normalized spacial score (nSPS) is 17.3. The van der Waals surface area contributed by atoms with Crippen LogP contribution in [0, 0.1) is 6.92 Å². The van der Waals surface area contributed by atoms with Crippen molar-refractivity contribution in [3.63, 3.8) is 0 Å². The molecule has 1 aromatic carbocycles. The van der Waals surface area contributed by atoms with Gasteiger partial charge < -0.3 is 15.0 Å². The number of aromatic nitrogens is 1. The molecule has 1 aromatic heterocycles. The van der Waals surface area contributed by atoms with Crippen LogP contribution in [0.2, 0.25) is 0 Å². The van der Waals surface area contributed by atoms with Gasteiger partial charge in [0.05, 0.1) is 6.10 Å². The van der Waals surface area contributed by atoms with Crippen LogP contribution < -0.4 is 5.32 Å². The highest BCUT2D eigenvalue weighted by Gasteiger charge is 2.20. The number of nitrogens with zero attached hydrogens (tertiary/aromatic N) is 1. The van der Waals surface area contributed by atoms with Crippen molar-refractivity contribution < 1.29 is 9.90 Å². The molecule has 0 aliphatic heterocycles. The van der Waals surface area contributed by atoms with Gasteiger partial charge in [-0.05, 0) is 43.9 Å². The van der Waals surface area contributed by atoms with Gasteiger partial charge in [0.15, 0.2) is 0 Å². The van der Waals surface area contributed by atoms with Gasteiger partial charge in [-0.2, -0.15) is 0 Å². The van der Waals surface area contributed by atoms with Gasteiger partial charge >= 0.3 is 0 Å². The molecule has 0 fully saturated rings. The lowest BCUT2D eigenvalue weighted by Gasteiger charge is -2.16. The average molecular weight is 284 g/mol. The highest BCUT2D eigenvalue weighted by Crippen LogP contribution is 2.30. The number of carbonyl (C=O) groups excluding carboxylic acids is 1. The van der Waals surface area contributed by atoms with E-state index in [1.807, 2.05) is 48.1 Å². The van der Waals surface area contributed by atoms with Gasteiger partial charge in [0, 0.05) is 23.6 Å². The molecule has 21 heavy (non-hydrogen) atoms. The summed E-state index contributed by atoms with van der Waals surface area (Å²) in [5, 5.41) is 12.8. The van der Waals surface area contributed by atoms with Crippen molar-refractivity contribution in [2.24, 2.45) is 0 Å². The molecule has 0 saturated carbocycles. The third kappa shape index (κ3) is 3.16. The first-order chi connectivity index (χ1) is 10.1. The lowest BCUT2D eigenvalue weighted by Crippen LogP contribution is -2.17. The predicted molar refractivity (Wildman–Crippen MR) is 82.1 cm³/mol. The van der Waals surface area contributed by atoms with E-state index in [-0.39, 0.29) is 18.6 Å². The van der Waals surface area contributed by atoms with E-state index >= 15 is 0 Å². The van der Waals surface area contributed by atoms with Crippen molar-refractivity contribution in [2.75, 3.05) is 5.32 Å². The molecule has 110 valence electrons. The minimum absolute atomic E-state index is 0.0549. The van der Waals surface area contributed by atoms with Gasteiger partial charge in [0.1, 0.15) is 6.54 Å². The van der Waals surface area contributed by atoms with Crippen molar-refractivity contribution in [1.82, 2.24) is 4.57 Å². The Morgan fingerprint density at radius 1 is 1.33 bits per heavy atom. The van der Waals surface area contributed by atoms with E-state index in [0.29, 0.717) is 0 Å². The minimum Gasteiger partial charge on any atom is -0.388 e. The zero-order valence-corrected chi connectivity index (χ0v) is 12.2. The molecule has 2 N–H and O–H groups in total. The van der Waals surface area contributed by atoms with Gasteiger partial charge in [0.25, 0.3) is 0 Å². The van der Waals surface area contributed by atoms with Gasteiger partial charge in [0.2, 0.25) is 5.91 Å². The zero-order chi connectivity index (χ0) is 14.8. The number of benzene rings is 1. The van der Waals surface area contributed by atoms with Crippen LogP contribution in [0.25, 0.3) is 0 Å². The zero-order valence-electron chi connectivity index (χ0n) is 12.2. The Bertz CT molecular complexity index is 643. The number of aliphatic hydroxyl groups is 1. The molecular weight excluding hydrogens is 264 g/mol. The van der Waals surface area contributed by atoms with Gasteiger partial charge in [-0.25, -0.2) is 0 Å². The van der Waals surface area contributed by atoms with Crippen LogP contribution >= 0.6 is 0 Å². The van der Waals surface area contributed by atoms with Gasteiger partial charge in [-0.3, -0.25) is 4.79 Å². The van der Waals surface area contributed by atoms with E-state index < -0.39 is 0 Å². The van der Waals surface area contributed by atoms with Crippen molar-refractivity contribution in [2.45, 2.75) is 38.8 Å². The standard InChI is InChI=1S/C17H20N2O2/c1-12-5-7-14(8-6-12)18-17(21)11-19-9-13-3-2-4-16(20)15(13)10-19/h5-10,16,20H,2-4,11H2,1H3,(H,18,21). The second-order valence-corrected chi connectivity index (χ2v) is 5.73. The minimum atomic E-state index is -0.379. The topological polar surface area (TPSA) is 54.3 Å². The number of aliphatic hydroxyl groups excluding tert-OH is 1. The van der Waals surface area contributed by atoms with Crippen molar-refractivity contribution in [1.29, 1.82) is 0 Å².